The molecule has 2 aromatic carbocycles. The topological polar surface area (TPSA) is 22.1 Å². The van der Waals surface area contributed by atoms with Crippen molar-refractivity contribution in [3.8, 4) is 5.75 Å². The molecule has 3 aromatic rings. The molecule has 1 heterocycles. The van der Waals surface area contributed by atoms with Crippen LogP contribution in [-0.2, 0) is 5.41 Å². The van der Waals surface area contributed by atoms with Crippen LogP contribution in [0.3, 0.4) is 0 Å². The van der Waals surface area contributed by atoms with E-state index in [9.17, 15) is 0 Å². The quantitative estimate of drug-likeness (QED) is 0.680. The van der Waals surface area contributed by atoms with Crippen LogP contribution < -0.4 is 3.79 Å². The third-order valence-corrected chi connectivity index (χ3v) is 4.31. The summed E-state index contributed by atoms with van der Waals surface area (Å²) < 4.78 is 5.55. The number of hydrogen-bond donors (Lipinski definition) is 0. The second-order valence-corrected chi connectivity index (χ2v) is 6.09. The van der Waals surface area contributed by atoms with Gasteiger partial charge in [-0.15, -0.1) is 0 Å². The van der Waals surface area contributed by atoms with Gasteiger partial charge in [0.2, 0.25) is 0 Å². The molecule has 0 fully saturated rings. The van der Waals surface area contributed by atoms with Crippen LogP contribution in [0.15, 0.2) is 54.6 Å². The molecule has 0 amide bonds. The highest BCUT2D eigenvalue weighted by atomic mass is 27.1. The van der Waals surface area contributed by atoms with E-state index in [1.54, 1.807) is 6.07 Å². The van der Waals surface area contributed by atoms with Gasteiger partial charge in [0.25, 0.3) is 0 Å². The van der Waals surface area contributed by atoms with Gasteiger partial charge in [0.1, 0.15) is 0 Å². The highest BCUT2D eigenvalue weighted by Gasteiger charge is 2.29. The highest BCUT2D eigenvalue weighted by Crippen LogP contribution is 2.41. The molecule has 106 valence electrons. The van der Waals surface area contributed by atoms with Gasteiger partial charge in [0.05, 0.1) is 11.4 Å². The zero-order valence-corrected chi connectivity index (χ0v) is 13.9. The Balaban J connectivity index is 2.32. The second-order valence-electron chi connectivity index (χ2n) is 5.85. The van der Waals surface area contributed by atoms with Crippen LogP contribution in [0.2, 0.25) is 0 Å². The molecule has 2 nitrogen and oxygen atoms in total. The molecule has 0 unspecified atom stereocenters. The standard InChI is InChI=1S/C19H17NO.Al/c1-13-7-6-10-17(20-13)19(2,3)18-15-9-5-4-8-14(15)11-12-16(18)21;/h1,4-12,21H,2-3H3;/q;+1/p-1. The summed E-state index contributed by atoms with van der Waals surface area (Å²) in [7, 11) is 0. The Morgan fingerprint density at radius 3 is 2.50 bits per heavy atom. The first-order valence-electron chi connectivity index (χ1n) is 7.16. The summed E-state index contributed by atoms with van der Waals surface area (Å²) in [6.07, 6.45) is 0. The lowest BCUT2D eigenvalue weighted by atomic mass is 9.78. The molecule has 0 bridgehead atoms. The number of aromatic nitrogens is 1. The Morgan fingerprint density at radius 1 is 1.00 bits per heavy atom. The van der Waals surface area contributed by atoms with Crippen LogP contribution in [0.1, 0.15) is 30.8 Å². The van der Waals surface area contributed by atoms with Gasteiger partial charge in [0.15, 0.2) is 0 Å². The van der Waals surface area contributed by atoms with Gasteiger partial charge in [-0.1, -0.05) is 36.4 Å². The zero-order chi connectivity index (χ0) is 15.7. The maximum Gasteiger partial charge on any atom is 0.482 e. The lowest BCUT2D eigenvalue weighted by Gasteiger charge is -2.29. The first-order valence-corrected chi connectivity index (χ1v) is 7.63. The van der Waals surface area contributed by atoms with Gasteiger partial charge < -0.3 is 3.79 Å². The smallest absolute Gasteiger partial charge is 0.482 e. The lowest BCUT2D eigenvalue weighted by molar-refractivity contribution is 0.555. The number of fused-ring (bicyclic) bond motifs is 1. The Kier molecular flexibility index (Phi) is 3.95. The van der Waals surface area contributed by atoms with Crippen LogP contribution in [0.5, 0.6) is 5.75 Å². The van der Waals surface area contributed by atoms with Crippen molar-refractivity contribution in [1.29, 1.82) is 0 Å². The molecule has 0 aliphatic rings. The van der Waals surface area contributed by atoms with E-state index in [2.05, 4.69) is 53.7 Å². The summed E-state index contributed by atoms with van der Waals surface area (Å²) in [5.41, 5.74) is 2.23. The maximum absolute atomic E-state index is 5.87. The minimum absolute atomic E-state index is 0.331. The average molecular weight is 301 g/mol. The summed E-state index contributed by atoms with van der Waals surface area (Å²) in [6, 6.07) is 18.1. The van der Waals surface area contributed by atoms with Gasteiger partial charge in [-0.05, 0) is 42.8 Å². The van der Waals surface area contributed by atoms with Gasteiger partial charge in [-0.3, -0.25) is 4.98 Å². The van der Waals surface area contributed by atoms with Crippen molar-refractivity contribution in [2.45, 2.75) is 19.3 Å². The molecule has 0 saturated heterocycles. The highest BCUT2D eigenvalue weighted by molar-refractivity contribution is 6.01. The van der Waals surface area contributed by atoms with Gasteiger partial charge in [-0.2, -0.15) is 0 Å². The van der Waals surface area contributed by atoms with E-state index in [-0.39, 0.29) is 5.41 Å². The molecule has 4 radical (unpaired) electrons. The first-order chi connectivity index (χ1) is 10.5. The molecule has 1 aromatic heterocycles. The predicted octanol–water partition coefficient (Wildman–Crippen LogP) is 4.08. The molecular formula is C19H16AlNO. The minimum atomic E-state index is -0.331. The van der Waals surface area contributed by atoms with Crippen molar-refractivity contribution in [2.24, 2.45) is 0 Å². The van der Waals surface area contributed by atoms with Crippen LogP contribution >= 0.6 is 0 Å². The summed E-state index contributed by atoms with van der Waals surface area (Å²) >= 11 is 2.34. The maximum atomic E-state index is 5.87. The van der Waals surface area contributed by atoms with Crippen molar-refractivity contribution < 1.29 is 3.79 Å². The lowest BCUT2D eigenvalue weighted by Crippen LogP contribution is -2.22. The number of hydrogen-bond acceptors (Lipinski definition) is 2. The SMILES string of the molecule is [CH]c1cccc(C(C)(C)c2c([O][Al])ccc3ccccc23)n1. The molecule has 3 rings (SSSR count). The molecule has 0 aliphatic heterocycles. The molecule has 0 N–H and O–H groups in total. The van der Waals surface area contributed by atoms with E-state index >= 15 is 0 Å². The minimum Gasteiger partial charge on any atom is -0.653 e. The van der Waals surface area contributed by atoms with Crippen molar-refractivity contribution >= 4 is 27.4 Å². The summed E-state index contributed by atoms with van der Waals surface area (Å²) in [5.74, 6) is 0.831. The van der Waals surface area contributed by atoms with E-state index in [4.69, 9.17) is 10.7 Å². The molecule has 0 spiro atoms. The second kappa shape index (κ2) is 5.76. The Bertz CT molecular complexity index is 827. The first kappa shape index (κ1) is 15.1. The molecule has 3 heteroatoms. The monoisotopic (exact) mass is 301 g/mol. The van der Waals surface area contributed by atoms with Crippen molar-refractivity contribution in [3.05, 3.63) is 78.5 Å². The Hall–Kier alpha value is -1.82. The van der Waals surface area contributed by atoms with Crippen LogP contribution in [0.25, 0.3) is 10.8 Å². The van der Waals surface area contributed by atoms with Gasteiger partial charge >= 0.3 is 16.6 Å². The zero-order valence-electron chi connectivity index (χ0n) is 12.7. The Morgan fingerprint density at radius 2 is 1.77 bits per heavy atom. The van der Waals surface area contributed by atoms with Crippen LogP contribution in [-0.4, -0.2) is 21.6 Å². The van der Waals surface area contributed by atoms with Gasteiger partial charge in [-0.25, -0.2) is 0 Å². The van der Waals surface area contributed by atoms with Crippen molar-refractivity contribution in [3.63, 3.8) is 0 Å². The fourth-order valence-corrected chi connectivity index (χ4v) is 3.12. The fraction of sp³-hybridized carbons (Fsp3) is 0.158. The van der Waals surface area contributed by atoms with E-state index in [0.29, 0.717) is 5.69 Å². The molecular weight excluding hydrogens is 285 g/mol. The largest absolute Gasteiger partial charge is 0.653 e. The molecule has 0 atom stereocenters. The van der Waals surface area contributed by atoms with E-state index in [0.717, 1.165) is 22.4 Å². The van der Waals surface area contributed by atoms with Crippen molar-refractivity contribution in [1.82, 2.24) is 4.98 Å². The van der Waals surface area contributed by atoms with Crippen LogP contribution in [0.4, 0.5) is 0 Å². The number of nitrogens with zero attached hydrogens (tertiary/aromatic N) is 1. The summed E-state index contributed by atoms with van der Waals surface area (Å²) in [6.45, 7) is 10.2. The number of rotatable bonds is 3. The molecule has 0 saturated carbocycles. The average Bonchev–Trinajstić information content (AvgIpc) is 2.53. The third-order valence-electron chi connectivity index (χ3n) is 4.05. The normalized spacial score (nSPS) is 11.6. The van der Waals surface area contributed by atoms with Gasteiger partial charge in [0, 0.05) is 23.6 Å². The van der Waals surface area contributed by atoms with E-state index < -0.39 is 0 Å². The Labute approximate surface area is 139 Å². The van der Waals surface area contributed by atoms with Crippen molar-refractivity contribution in [2.75, 3.05) is 0 Å². The molecule has 0 aliphatic carbocycles. The third kappa shape index (κ3) is 2.52. The predicted molar refractivity (Wildman–Crippen MR) is 90.1 cm³/mol. The van der Waals surface area contributed by atoms with E-state index in [1.807, 2.05) is 30.3 Å². The summed E-state index contributed by atoms with van der Waals surface area (Å²) in [4.78, 5) is 4.52. The molecule has 22 heavy (non-hydrogen) atoms. The summed E-state index contributed by atoms with van der Waals surface area (Å²) in [5, 5.41) is 2.34. The number of pyridine rings is 1. The van der Waals surface area contributed by atoms with Crippen LogP contribution in [0, 0.1) is 6.92 Å². The fourth-order valence-electron chi connectivity index (χ4n) is 2.92. The number of benzene rings is 2. The van der Waals surface area contributed by atoms with E-state index in [1.165, 1.54) is 5.39 Å².